The first-order valence-corrected chi connectivity index (χ1v) is 6.84. The lowest BCUT2D eigenvalue weighted by Crippen LogP contribution is -2.07. The Bertz CT molecular complexity index is 688. The molecule has 0 N–H and O–H groups in total. The topological polar surface area (TPSA) is 30.0 Å². The van der Waals surface area contributed by atoms with E-state index in [-0.39, 0.29) is 5.43 Å². The van der Waals surface area contributed by atoms with Crippen LogP contribution in [-0.4, -0.2) is 4.98 Å². The van der Waals surface area contributed by atoms with E-state index < -0.39 is 0 Å². The zero-order valence-electron chi connectivity index (χ0n) is 9.94. The summed E-state index contributed by atoms with van der Waals surface area (Å²) >= 11 is 7.21. The minimum absolute atomic E-state index is 0.00891. The van der Waals surface area contributed by atoms with Crippen molar-refractivity contribution < 1.29 is 0 Å². The summed E-state index contributed by atoms with van der Waals surface area (Å²) in [5.74, 6) is 0.344. The molecule has 0 saturated carbocycles. The molecule has 0 aliphatic heterocycles. The lowest BCUT2D eigenvalue weighted by atomic mass is 10.1. The Kier molecular flexibility index (Phi) is 3.94. The van der Waals surface area contributed by atoms with Crippen LogP contribution in [0.25, 0.3) is 22.4 Å². The van der Waals surface area contributed by atoms with Crippen LogP contribution < -0.4 is 5.43 Å². The molecule has 0 aromatic carbocycles. The summed E-state index contributed by atoms with van der Waals surface area (Å²) in [5, 5.41) is 0.632. The molecule has 0 saturated heterocycles. The fourth-order valence-corrected chi connectivity index (χ4v) is 2.84. The van der Waals surface area contributed by atoms with Gasteiger partial charge < -0.3 is 0 Å². The average molecular weight is 278 g/mol. The van der Waals surface area contributed by atoms with Gasteiger partial charge in [-0.15, -0.1) is 22.9 Å². The van der Waals surface area contributed by atoms with Crippen molar-refractivity contribution in [3.8, 4) is 0 Å². The molecule has 0 spiro atoms. The van der Waals surface area contributed by atoms with Gasteiger partial charge in [-0.2, -0.15) is 0 Å². The molecule has 92 valence electrons. The molecule has 0 aliphatic carbocycles. The number of nitrogens with zero attached hydrogens (tertiary/aromatic N) is 1. The van der Waals surface area contributed by atoms with Crippen LogP contribution in [-0.2, 0) is 5.88 Å². The molecule has 0 radical (unpaired) electrons. The first-order valence-electron chi connectivity index (χ1n) is 5.49. The van der Waals surface area contributed by atoms with Crippen molar-refractivity contribution >= 4 is 45.3 Å². The van der Waals surface area contributed by atoms with Crippen molar-refractivity contribution in [2.24, 2.45) is 0 Å². The Hall–Kier alpha value is -1.45. The van der Waals surface area contributed by atoms with Crippen LogP contribution in [0.4, 0.5) is 0 Å². The predicted octanol–water partition coefficient (Wildman–Crippen LogP) is 4.07. The standard InChI is InChI=1S/C14H12ClNOS/c1-3-5-10-12(4-2)18-14-11(13(10)17)7-6-9(8-15)16-14/h3-7H,2,8H2,1H3/b5-3-. The van der Waals surface area contributed by atoms with Gasteiger partial charge in [0, 0.05) is 10.4 Å². The molecule has 2 nitrogen and oxygen atoms in total. The second kappa shape index (κ2) is 5.46. The van der Waals surface area contributed by atoms with Gasteiger partial charge in [0.05, 0.1) is 17.0 Å². The lowest BCUT2D eigenvalue weighted by molar-refractivity contribution is 1.23. The largest absolute Gasteiger partial charge is 0.288 e. The van der Waals surface area contributed by atoms with Crippen molar-refractivity contribution in [1.82, 2.24) is 4.98 Å². The zero-order valence-corrected chi connectivity index (χ0v) is 11.5. The number of pyridine rings is 1. The maximum absolute atomic E-state index is 12.3. The average Bonchev–Trinajstić information content (AvgIpc) is 2.41. The van der Waals surface area contributed by atoms with E-state index in [1.54, 1.807) is 18.2 Å². The number of hydrogen-bond acceptors (Lipinski definition) is 3. The van der Waals surface area contributed by atoms with Crippen LogP contribution in [0.1, 0.15) is 23.1 Å². The molecular weight excluding hydrogens is 266 g/mol. The summed E-state index contributed by atoms with van der Waals surface area (Å²) in [6.07, 6.45) is 5.35. The lowest BCUT2D eigenvalue weighted by Gasteiger charge is -2.03. The van der Waals surface area contributed by atoms with Crippen LogP contribution >= 0.6 is 22.9 Å². The summed E-state index contributed by atoms with van der Waals surface area (Å²) in [6, 6.07) is 3.58. The summed E-state index contributed by atoms with van der Waals surface area (Å²) < 4.78 is 0. The van der Waals surface area contributed by atoms with E-state index >= 15 is 0 Å². The molecule has 4 heteroatoms. The molecule has 0 aliphatic rings. The van der Waals surface area contributed by atoms with E-state index in [4.69, 9.17) is 11.6 Å². The highest BCUT2D eigenvalue weighted by Crippen LogP contribution is 2.23. The fraction of sp³-hybridized carbons (Fsp3) is 0.143. The van der Waals surface area contributed by atoms with E-state index in [1.165, 1.54) is 11.3 Å². The van der Waals surface area contributed by atoms with Gasteiger partial charge in [0.15, 0.2) is 5.43 Å². The summed E-state index contributed by atoms with van der Waals surface area (Å²) in [4.78, 5) is 18.3. The molecule has 2 aromatic heterocycles. The van der Waals surface area contributed by atoms with Crippen LogP contribution in [0, 0.1) is 0 Å². The van der Waals surface area contributed by atoms with Crippen LogP contribution in [0.3, 0.4) is 0 Å². The normalized spacial score (nSPS) is 11.2. The second-order valence-corrected chi connectivity index (χ2v) is 5.00. The smallest absolute Gasteiger partial charge is 0.197 e. The molecule has 0 unspecified atom stereocenters. The maximum atomic E-state index is 12.3. The highest BCUT2D eigenvalue weighted by atomic mass is 35.5. The summed E-state index contributed by atoms with van der Waals surface area (Å²) in [6.45, 7) is 5.63. The number of rotatable bonds is 3. The highest BCUT2D eigenvalue weighted by Gasteiger charge is 2.09. The minimum Gasteiger partial charge on any atom is -0.288 e. The fourth-order valence-electron chi connectivity index (χ4n) is 1.70. The van der Waals surface area contributed by atoms with Gasteiger partial charge in [0.2, 0.25) is 0 Å². The third-order valence-corrected chi connectivity index (χ3v) is 3.92. The minimum atomic E-state index is -0.00891. The van der Waals surface area contributed by atoms with Crippen molar-refractivity contribution in [3.63, 3.8) is 0 Å². The van der Waals surface area contributed by atoms with Crippen molar-refractivity contribution in [1.29, 1.82) is 0 Å². The number of alkyl halides is 1. The quantitative estimate of drug-likeness (QED) is 0.792. The Balaban J connectivity index is 2.85. The second-order valence-electron chi connectivity index (χ2n) is 3.70. The zero-order chi connectivity index (χ0) is 13.1. The molecule has 18 heavy (non-hydrogen) atoms. The van der Waals surface area contributed by atoms with E-state index in [2.05, 4.69) is 11.6 Å². The third kappa shape index (κ3) is 2.24. The van der Waals surface area contributed by atoms with Crippen LogP contribution in [0.15, 0.2) is 29.6 Å². The number of fused-ring (bicyclic) bond motifs is 1. The Labute approximate surface area is 114 Å². The van der Waals surface area contributed by atoms with Gasteiger partial charge in [-0.1, -0.05) is 24.8 Å². The number of allylic oxidation sites excluding steroid dienone is 1. The van der Waals surface area contributed by atoms with Gasteiger partial charge in [-0.05, 0) is 19.1 Å². The third-order valence-electron chi connectivity index (χ3n) is 2.53. The predicted molar refractivity (Wildman–Crippen MR) is 80.2 cm³/mol. The van der Waals surface area contributed by atoms with Crippen molar-refractivity contribution in [3.05, 3.63) is 51.1 Å². The molecule has 0 amide bonds. The van der Waals surface area contributed by atoms with E-state index in [9.17, 15) is 4.79 Å². The molecule has 0 fully saturated rings. The molecule has 0 bridgehead atoms. The van der Waals surface area contributed by atoms with Gasteiger partial charge >= 0.3 is 0 Å². The number of aromatic nitrogens is 1. The SMILES string of the molecule is C=Cc1sc2nc(CCl)ccc2c(=O)c1/C=C\C. The van der Waals surface area contributed by atoms with Crippen molar-refractivity contribution in [2.45, 2.75) is 12.8 Å². The molecule has 2 aromatic rings. The van der Waals surface area contributed by atoms with Gasteiger partial charge in [-0.25, -0.2) is 4.98 Å². The summed E-state index contributed by atoms with van der Waals surface area (Å²) in [5.41, 5.74) is 1.43. The Morgan fingerprint density at radius 2 is 2.28 bits per heavy atom. The van der Waals surface area contributed by atoms with Gasteiger partial charge in [-0.3, -0.25) is 4.79 Å². The van der Waals surface area contributed by atoms with E-state index in [0.717, 1.165) is 10.6 Å². The van der Waals surface area contributed by atoms with E-state index in [1.807, 2.05) is 19.1 Å². The number of hydrogen-bond donors (Lipinski definition) is 0. The van der Waals surface area contributed by atoms with E-state index in [0.29, 0.717) is 21.7 Å². The van der Waals surface area contributed by atoms with Crippen LogP contribution in [0.2, 0.25) is 0 Å². The maximum Gasteiger partial charge on any atom is 0.197 e. The Morgan fingerprint density at radius 3 is 2.89 bits per heavy atom. The van der Waals surface area contributed by atoms with Crippen molar-refractivity contribution in [2.75, 3.05) is 0 Å². The first kappa shape index (κ1) is 13.0. The van der Waals surface area contributed by atoms with Gasteiger partial charge in [0.1, 0.15) is 4.83 Å². The van der Waals surface area contributed by atoms with Gasteiger partial charge in [0.25, 0.3) is 0 Å². The monoisotopic (exact) mass is 277 g/mol. The first-order chi connectivity index (χ1) is 8.71. The summed E-state index contributed by atoms with van der Waals surface area (Å²) in [7, 11) is 0. The highest BCUT2D eigenvalue weighted by molar-refractivity contribution is 7.18. The molecular formula is C14H12ClNOS. The molecule has 2 rings (SSSR count). The number of halogens is 1. The Morgan fingerprint density at radius 1 is 1.50 bits per heavy atom. The molecule has 0 atom stereocenters. The van der Waals surface area contributed by atoms with Crippen LogP contribution in [0.5, 0.6) is 0 Å². The molecule has 2 heterocycles.